The summed E-state index contributed by atoms with van der Waals surface area (Å²) in [5, 5.41) is 5.05. The van der Waals surface area contributed by atoms with Crippen molar-refractivity contribution in [1.82, 2.24) is 4.72 Å². The van der Waals surface area contributed by atoms with Crippen molar-refractivity contribution in [3.63, 3.8) is 0 Å². The Labute approximate surface area is 124 Å². The summed E-state index contributed by atoms with van der Waals surface area (Å²) in [5.74, 6) is 0.0928. The van der Waals surface area contributed by atoms with Crippen LogP contribution >= 0.6 is 0 Å². The predicted octanol–water partition coefficient (Wildman–Crippen LogP) is 0.0389. The van der Waals surface area contributed by atoms with Crippen LogP contribution in [0.4, 0.5) is 0 Å². The van der Waals surface area contributed by atoms with Crippen molar-refractivity contribution in [3.05, 3.63) is 24.3 Å². The SMILES string of the molecule is NS(=O)(=O)c1ccccc1S(=O)(=O)NCC1CCCOC1. The third-order valence-electron chi connectivity index (χ3n) is 3.26. The van der Waals surface area contributed by atoms with E-state index in [4.69, 9.17) is 9.88 Å². The number of rotatable bonds is 5. The molecule has 1 unspecified atom stereocenters. The zero-order valence-electron chi connectivity index (χ0n) is 11.4. The molecule has 2 rings (SSSR count). The number of benzene rings is 1. The van der Waals surface area contributed by atoms with Crippen LogP contribution in [0.1, 0.15) is 12.8 Å². The van der Waals surface area contributed by atoms with E-state index in [9.17, 15) is 16.8 Å². The summed E-state index contributed by atoms with van der Waals surface area (Å²) in [6.07, 6.45) is 1.76. The first-order chi connectivity index (χ1) is 9.81. The number of ether oxygens (including phenoxy) is 1. The van der Waals surface area contributed by atoms with E-state index >= 15 is 0 Å². The minimum atomic E-state index is -4.10. The quantitative estimate of drug-likeness (QED) is 0.789. The van der Waals surface area contributed by atoms with Crippen LogP contribution in [-0.2, 0) is 24.8 Å². The van der Waals surface area contributed by atoms with Crippen molar-refractivity contribution in [1.29, 1.82) is 0 Å². The van der Waals surface area contributed by atoms with Crippen molar-refractivity contribution in [2.75, 3.05) is 19.8 Å². The van der Waals surface area contributed by atoms with Crippen LogP contribution in [0.2, 0.25) is 0 Å². The molecule has 1 saturated heterocycles. The molecule has 118 valence electrons. The van der Waals surface area contributed by atoms with E-state index in [1.165, 1.54) is 24.3 Å². The zero-order valence-corrected chi connectivity index (χ0v) is 13.0. The Bertz CT molecular complexity index is 694. The van der Waals surface area contributed by atoms with Crippen LogP contribution in [-0.4, -0.2) is 36.6 Å². The van der Waals surface area contributed by atoms with Crippen LogP contribution < -0.4 is 9.86 Å². The maximum atomic E-state index is 12.3. The molecule has 1 heterocycles. The van der Waals surface area contributed by atoms with E-state index in [2.05, 4.69) is 4.72 Å². The first-order valence-electron chi connectivity index (χ1n) is 6.50. The molecular formula is C12H18N2O5S2. The number of nitrogens with one attached hydrogen (secondary N) is 1. The van der Waals surface area contributed by atoms with E-state index < -0.39 is 24.9 Å². The van der Waals surface area contributed by atoms with Gasteiger partial charge in [0.2, 0.25) is 20.0 Å². The number of hydrogen-bond acceptors (Lipinski definition) is 5. The second-order valence-corrected chi connectivity index (χ2v) is 8.19. The topological polar surface area (TPSA) is 116 Å². The third kappa shape index (κ3) is 4.24. The standard InChI is InChI=1S/C12H18N2O5S2/c13-20(15,16)11-5-1-2-6-12(11)21(17,18)14-8-10-4-3-7-19-9-10/h1-2,5-6,10,14H,3-4,7-9H2,(H2,13,15,16). The fourth-order valence-corrected chi connectivity index (χ4v) is 4.68. The molecule has 0 bridgehead atoms. The van der Waals surface area contributed by atoms with Gasteiger partial charge in [0.25, 0.3) is 0 Å². The van der Waals surface area contributed by atoms with Gasteiger partial charge in [0.05, 0.1) is 6.61 Å². The largest absolute Gasteiger partial charge is 0.381 e. The van der Waals surface area contributed by atoms with E-state index in [-0.39, 0.29) is 17.4 Å². The summed E-state index contributed by atoms with van der Waals surface area (Å²) in [5.41, 5.74) is 0. The lowest BCUT2D eigenvalue weighted by Gasteiger charge is -2.22. The van der Waals surface area contributed by atoms with E-state index in [0.717, 1.165) is 12.8 Å². The molecule has 1 atom stereocenters. The van der Waals surface area contributed by atoms with Crippen molar-refractivity contribution >= 4 is 20.0 Å². The number of sulfonamides is 2. The molecule has 9 heteroatoms. The molecule has 3 N–H and O–H groups in total. The van der Waals surface area contributed by atoms with Gasteiger partial charge in [-0.05, 0) is 30.9 Å². The van der Waals surface area contributed by atoms with Gasteiger partial charge in [-0.25, -0.2) is 26.7 Å². The molecule has 0 aromatic heterocycles. The Hall–Kier alpha value is -1.00. The Morgan fingerprint density at radius 3 is 2.43 bits per heavy atom. The summed E-state index contributed by atoms with van der Waals surface area (Å²) >= 11 is 0. The second kappa shape index (κ2) is 6.41. The van der Waals surface area contributed by atoms with Gasteiger partial charge < -0.3 is 4.74 Å². The molecule has 0 aliphatic carbocycles. The average Bonchev–Trinajstić information content (AvgIpc) is 2.45. The summed E-state index contributed by atoms with van der Waals surface area (Å²) in [4.78, 5) is -0.735. The Morgan fingerprint density at radius 1 is 1.19 bits per heavy atom. The number of hydrogen-bond donors (Lipinski definition) is 2. The second-order valence-electron chi connectivity index (χ2n) is 4.93. The molecular weight excluding hydrogens is 316 g/mol. The molecule has 0 radical (unpaired) electrons. The molecule has 1 fully saturated rings. The molecule has 1 aliphatic heterocycles. The van der Waals surface area contributed by atoms with Crippen LogP contribution in [0, 0.1) is 5.92 Å². The van der Waals surface area contributed by atoms with E-state index in [1.807, 2.05) is 0 Å². The van der Waals surface area contributed by atoms with Gasteiger partial charge in [-0.2, -0.15) is 0 Å². The maximum Gasteiger partial charge on any atom is 0.241 e. The lowest BCUT2D eigenvalue weighted by atomic mass is 10.0. The molecule has 1 aromatic carbocycles. The van der Waals surface area contributed by atoms with Crippen LogP contribution in [0.5, 0.6) is 0 Å². The van der Waals surface area contributed by atoms with Gasteiger partial charge in [-0.1, -0.05) is 12.1 Å². The highest BCUT2D eigenvalue weighted by Gasteiger charge is 2.25. The van der Waals surface area contributed by atoms with E-state index in [1.54, 1.807) is 0 Å². The average molecular weight is 334 g/mol. The highest BCUT2D eigenvalue weighted by Crippen LogP contribution is 2.20. The van der Waals surface area contributed by atoms with Crippen LogP contribution in [0.3, 0.4) is 0 Å². The number of nitrogens with two attached hydrogens (primary N) is 1. The van der Waals surface area contributed by atoms with Gasteiger partial charge in [-0.15, -0.1) is 0 Å². The monoisotopic (exact) mass is 334 g/mol. The molecule has 0 saturated carbocycles. The molecule has 1 aliphatic rings. The Kier molecular flexibility index (Phi) is 4.99. The minimum Gasteiger partial charge on any atom is -0.381 e. The van der Waals surface area contributed by atoms with Crippen molar-refractivity contribution in [2.24, 2.45) is 11.1 Å². The lowest BCUT2D eigenvalue weighted by molar-refractivity contribution is 0.0568. The molecule has 0 amide bonds. The zero-order chi connectivity index (χ0) is 15.5. The van der Waals surface area contributed by atoms with Gasteiger partial charge >= 0.3 is 0 Å². The summed E-state index contributed by atoms with van der Waals surface area (Å²) in [7, 11) is -8.04. The third-order valence-corrected chi connectivity index (χ3v) is 5.84. The normalized spacial score (nSPS) is 20.3. The summed E-state index contributed by atoms with van der Waals surface area (Å²) in [6.45, 7) is 1.40. The van der Waals surface area contributed by atoms with Crippen molar-refractivity contribution in [2.45, 2.75) is 22.6 Å². The first kappa shape index (κ1) is 16.4. The molecule has 0 spiro atoms. The fourth-order valence-electron chi connectivity index (χ4n) is 2.18. The highest BCUT2D eigenvalue weighted by molar-refractivity contribution is 7.92. The van der Waals surface area contributed by atoms with Crippen LogP contribution in [0.25, 0.3) is 0 Å². The Morgan fingerprint density at radius 2 is 1.86 bits per heavy atom. The van der Waals surface area contributed by atoms with Gasteiger partial charge in [0.15, 0.2) is 0 Å². The van der Waals surface area contributed by atoms with Crippen molar-refractivity contribution < 1.29 is 21.6 Å². The maximum absolute atomic E-state index is 12.3. The minimum absolute atomic E-state index is 0.0928. The predicted molar refractivity (Wildman–Crippen MR) is 76.5 cm³/mol. The molecule has 21 heavy (non-hydrogen) atoms. The summed E-state index contributed by atoms with van der Waals surface area (Å²) < 4.78 is 55.2. The molecule has 7 nitrogen and oxygen atoms in total. The lowest BCUT2D eigenvalue weighted by Crippen LogP contribution is -2.34. The Balaban J connectivity index is 2.20. The first-order valence-corrected chi connectivity index (χ1v) is 9.53. The summed E-state index contributed by atoms with van der Waals surface area (Å²) in [6, 6.07) is 5.27. The van der Waals surface area contributed by atoms with Gasteiger partial charge in [0.1, 0.15) is 9.79 Å². The fraction of sp³-hybridized carbons (Fsp3) is 0.500. The van der Waals surface area contributed by atoms with Gasteiger partial charge in [0, 0.05) is 13.2 Å². The van der Waals surface area contributed by atoms with Crippen LogP contribution in [0.15, 0.2) is 34.1 Å². The van der Waals surface area contributed by atoms with Gasteiger partial charge in [-0.3, -0.25) is 0 Å². The highest BCUT2D eigenvalue weighted by atomic mass is 32.2. The number of primary sulfonamides is 1. The molecule has 1 aromatic rings. The van der Waals surface area contributed by atoms with E-state index in [0.29, 0.717) is 13.2 Å². The van der Waals surface area contributed by atoms with Crippen molar-refractivity contribution in [3.8, 4) is 0 Å². The smallest absolute Gasteiger partial charge is 0.241 e.